The molecule has 4 heteroatoms. The number of hydrogen-bond acceptors (Lipinski definition) is 3. The molecule has 0 bridgehead atoms. The van der Waals surface area contributed by atoms with Gasteiger partial charge in [-0.25, -0.2) is 10.2 Å². The van der Waals surface area contributed by atoms with Gasteiger partial charge in [-0.15, -0.1) is 0 Å². The standard InChI is InChI=1S/C19H20FN3/c1-3-14-5-7-15(8-6-14)13-23(22)19(4-2)16-9-10-17(12-21)18(20)11-16/h4-11H,3,13,22H2,1-2H3/b19-4-. The third-order valence-corrected chi connectivity index (χ3v) is 3.75. The second kappa shape index (κ2) is 7.57. The number of halogens is 1. The Labute approximate surface area is 136 Å². The molecular weight excluding hydrogens is 289 g/mol. The minimum Gasteiger partial charge on any atom is -0.306 e. The van der Waals surface area contributed by atoms with Gasteiger partial charge in [0.2, 0.25) is 0 Å². The number of benzene rings is 2. The van der Waals surface area contributed by atoms with Crippen LogP contribution in [0.5, 0.6) is 0 Å². The van der Waals surface area contributed by atoms with Crippen LogP contribution in [0.3, 0.4) is 0 Å². The van der Waals surface area contributed by atoms with Crippen LogP contribution in [-0.4, -0.2) is 5.01 Å². The van der Waals surface area contributed by atoms with E-state index in [0.717, 1.165) is 12.0 Å². The number of allylic oxidation sites excluding steroid dienone is 1. The van der Waals surface area contributed by atoms with E-state index in [1.807, 2.05) is 31.2 Å². The van der Waals surface area contributed by atoms with E-state index in [9.17, 15) is 4.39 Å². The van der Waals surface area contributed by atoms with Crippen molar-refractivity contribution in [3.63, 3.8) is 0 Å². The molecule has 0 saturated carbocycles. The van der Waals surface area contributed by atoms with Crippen molar-refractivity contribution in [1.82, 2.24) is 5.01 Å². The molecule has 0 unspecified atom stereocenters. The Bertz CT molecular complexity index is 742. The van der Waals surface area contributed by atoms with Gasteiger partial charge in [-0.05, 0) is 36.6 Å². The first-order valence-electron chi connectivity index (χ1n) is 7.55. The summed E-state index contributed by atoms with van der Waals surface area (Å²) in [4.78, 5) is 0. The molecule has 118 valence electrons. The summed E-state index contributed by atoms with van der Waals surface area (Å²) in [7, 11) is 0. The fourth-order valence-electron chi connectivity index (χ4n) is 2.43. The molecule has 23 heavy (non-hydrogen) atoms. The predicted octanol–water partition coefficient (Wildman–Crippen LogP) is 4.00. The normalized spacial score (nSPS) is 11.2. The highest BCUT2D eigenvalue weighted by molar-refractivity contribution is 5.64. The Balaban J connectivity index is 2.20. The fraction of sp³-hybridized carbons (Fsp3) is 0.211. The lowest BCUT2D eigenvalue weighted by Gasteiger charge is -2.22. The van der Waals surface area contributed by atoms with Crippen LogP contribution in [0.4, 0.5) is 4.39 Å². The van der Waals surface area contributed by atoms with Gasteiger partial charge in [-0.2, -0.15) is 5.26 Å². The van der Waals surface area contributed by atoms with Crippen molar-refractivity contribution in [2.24, 2.45) is 5.84 Å². The number of hydrazine groups is 1. The highest BCUT2D eigenvalue weighted by Crippen LogP contribution is 2.21. The SMILES string of the molecule is C/C=C(/c1ccc(C#N)c(F)c1)N(N)Cc1ccc(CC)cc1. The van der Waals surface area contributed by atoms with E-state index in [2.05, 4.69) is 19.1 Å². The maximum absolute atomic E-state index is 13.8. The van der Waals surface area contributed by atoms with Gasteiger partial charge in [0.05, 0.1) is 17.8 Å². The highest BCUT2D eigenvalue weighted by Gasteiger charge is 2.11. The molecule has 0 aliphatic heterocycles. The Kier molecular flexibility index (Phi) is 5.51. The van der Waals surface area contributed by atoms with Gasteiger partial charge in [0.1, 0.15) is 11.9 Å². The first-order valence-corrected chi connectivity index (χ1v) is 7.55. The zero-order chi connectivity index (χ0) is 16.8. The van der Waals surface area contributed by atoms with E-state index in [-0.39, 0.29) is 5.56 Å². The van der Waals surface area contributed by atoms with E-state index in [0.29, 0.717) is 17.8 Å². The van der Waals surface area contributed by atoms with Gasteiger partial charge in [0.25, 0.3) is 0 Å². The molecule has 0 aliphatic carbocycles. The third-order valence-electron chi connectivity index (χ3n) is 3.75. The maximum Gasteiger partial charge on any atom is 0.141 e. The largest absolute Gasteiger partial charge is 0.306 e. The number of aryl methyl sites for hydroxylation is 1. The molecule has 0 saturated heterocycles. The van der Waals surface area contributed by atoms with Crippen LogP contribution >= 0.6 is 0 Å². The minimum atomic E-state index is -0.537. The van der Waals surface area contributed by atoms with Crippen LogP contribution in [0.25, 0.3) is 5.70 Å². The van der Waals surface area contributed by atoms with Crippen molar-refractivity contribution in [2.45, 2.75) is 26.8 Å². The van der Waals surface area contributed by atoms with Gasteiger partial charge < -0.3 is 5.01 Å². The molecule has 0 aliphatic rings. The summed E-state index contributed by atoms with van der Waals surface area (Å²) >= 11 is 0. The first-order chi connectivity index (χ1) is 11.1. The lowest BCUT2D eigenvalue weighted by atomic mass is 10.1. The number of hydrogen-bond donors (Lipinski definition) is 1. The van der Waals surface area contributed by atoms with Crippen molar-refractivity contribution < 1.29 is 4.39 Å². The van der Waals surface area contributed by atoms with E-state index >= 15 is 0 Å². The molecular formula is C19H20FN3. The summed E-state index contributed by atoms with van der Waals surface area (Å²) in [6.45, 7) is 4.48. The lowest BCUT2D eigenvalue weighted by molar-refractivity contribution is 0.409. The zero-order valence-corrected chi connectivity index (χ0v) is 13.4. The summed E-state index contributed by atoms with van der Waals surface area (Å²) in [5.41, 5.74) is 3.75. The zero-order valence-electron chi connectivity index (χ0n) is 13.4. The summed E-state index contributed by atoms with van der Waals surface area (Å²) in [6.07, 6.45) is 2.83. The smallest absolute Gasteiger partial charge is 0.141 e. The van der Waals surface area contributed by atoms with Crippen molar-refractivity contribution >= 4 is 5.70 Å². The van der Waals surface area contributed by atoms with Crippen LogP contribution in [0, 0.1) is 17.1 Å². The van der Waals surface area contributed by atoms with Crippen LogP contribution < -0.4 is 5.84 Å². The quantitative estimate of drug-likeness (QED) is 0.671. The van der Waals surface area contributed by atoms with Crippen molar-refractivity contribution in [2.75, 3.05) is 0 Å². The van der Waals surface area contributed by atoms with E-state index < -0.39 is 5.82 Å². The van der Waals surface area contributed by atoms with E-state index in [1.165, 1.54) is 17.7 Å². The average molecular weight is 309 g/mol. The van der Waals surface area contributed by atoms with Gasteiger partial charge in [-0.1, -0.05) is 43.3 Å². The van der Waals surface area contributed by atoms with Crippen LogP contribution in [-0.2, 0) is 13.0 Å². The molecule has 0 spiro atoms. The van der Waals surface area contributed by atoms with Gasteiger partial charge in [0, 0.05) is 5.56 Å². The average Bonchev–Trinajstić information content (AvgIpc) is 2.56. The minimum absolute atomic E-state index is 0.0305. The molecule has 2 aromatic rings. The Morgan fingerprint density at radius 1 is 1.22 bits per heavy atom. The molecule has 0 aromatic heterocycles. The third kappa shape index (κ3) is 3.97. The lowest BCUT2D eigenvalue weighted by Crippen LogP contribution is -2.28. The van der Waals surface area contributed by atoms with Crippen molar-refractivity contribution in [3.8, 4) is 6.07 Å². The second-order valence-electron chi connectivity index (χ2n) is 5.28. The van der Waals surface area contributed by atoms with Crippen molar-refractivity contribution in [1.29, 1.82) is 5.26 Å². The van der Waals surface area contributed by atoms with Gasteiger partial charge in [-0.3, -0.25) is 0 Å². The van der Waals surface area contributed by atoms with Crippen LogP contribution in [0.2, 0.25) is 0 Å². The van der Waals surface area contributed by atoms with Crippen LogP contribution in [0.15, 0.2) is 48.5 Å². The molecule has 0 radical (unpaired) electrons. The number of nitrogens with two attached hydrogens (primary N) is 1. The summed E-state index contributed by atoms with van der Waals surface area (Å²) in [6, 6.07) is 14.6. The topological polar surface area (TPSA) is 53.0 Å². The summed E-state index contributed by atoms with van der Waals surface area (Å²) in [5.74, 6) is 5.62. The molecule has 2 rings (SSSR count). The van der Waals surface area contributed by atoms with Gasteiger partial charge >= 0.3 is 0 Å². The Morgan fingerprint density at radius 3 is 2.39 bits per heavy atom. The molecule has 2 N–H and O–H groups in total. The Morgan fingerprint density at radius 2 is 1.87 bits per heavy atom. The van der Waals surface area contributed by atoms with Crippen molar-refractivity contribution in [3.05, 3.63) is 76.6 Å². The Hall–Kier alpha value is -2.64. The fourth-order valence-corrected chi connectivity index (χ4v) is 2.43. The molecule has 0 fully saturated rings. The molecule has 0 atom stereocenters. The molecule has 0 heterocycles. The second-order valence-corrected chi connectivity index (χ2v) is 5.28. The molecule has 3 nitrogen and oxygen atoms in total. The number of rotatable bonds is 5. The molecule has 2 aromatic carbocycles. The van der Waals surface area contributed by atoms with E-state index in [1.54, 1.807) is 11.1 Å². The van der Waals surface area contributed by atoms with Gasteiger partial charge in [0.15, 0.2) is 0 Å². The maximum atomic E-state index is 13.8. The summed E-state index contributed by atoms with van der Waals surface area (Å²) < 4.78 is 13.8. The summed E-state index contributed by atoms with van der Waals surface area (Å²) in [5, 5.41) is 10.4. The number of nitriles is 1. The highest BCUT2D eigenvalue weighted by atomic mass is 19.1. The van der Waals surface area contributed by atoms with Crippen LogP contribution in [0.1, 0.15) is 36.1 Å². The first kappa shape index (κ1) is 16.7. The van der Waals surface area contributed by atoms with E-state index in [4.69, 9.17) is 11.1 Å². The molecule has 0 amide bonds. The number of nitrogens with zero attached hydrogens (tertiary/aromatic N) is 2. The monoisotopic (exact) mass is 309 g/mol. The predicted molar refractivity (Wildman–Crippen MR) is 90.3 cm³/mol.